The van der Waals surface area contributed by atoms with Gasteiger partial charge in [0.25, 0.3) is 5.69 Å². The van der Waals surface area contributed by atoms with Crippen LogP contribution in [0.1, 0.15) is 18.9 Å². The normalized spacial score (nSPS) is 10.9. The highest BCUT2D eigenvalue weighted by molar-refractivity contribution is 6.39. The minimum absolute atomic E-state index is 0.157. The maximum Gasteiger partial charge on any atom is 0.329 e. The number of nitrogens with zero attached hydrogens (tertiary/aromatic N) is 2. The first-order valence-corrected chi connectivity index (χ1v) is 7.88. The van der Waals surface area contributed by atoms with Gasteiger partial charge in [-0.05, 0) is 31.4 Å². The van der Waals surface area contributed by atoms with Crippen molar-refractivity contribution >= 4 is 28.9 Å². The second kappa shape index (κ2) is 9.07. The van der Waals surface area contributed by atoms with E-state index >= 15 is 0 Å². The van der Waals surface area contributed by atoms with Crippen molar-refractivity contribution in [3.05, 3.63) is 70.3 Å². The van der Waals surface area contributed by atoms with Crippen LogP contribution in [-0.2, 0) is 16.0 Å². The first-order valence-electron chi connectivity index (χ1n) is 7.88. The van der Waals surface area contributed by atoms with Gasteiger partial charge in [0.1, 0.15) is 0 Å². The third-order valence-corrected chi connectivity index (χ3v) is 3.49. The Bertz CT molecular complexity index is 834. The summed E-state index contributed by atoms with van der Waals surface area (Å²) in [5, 5.41) is 16.9. The molecule has 0 aliphatic carbocycles. The van der Waals surface area contributed by atoms with Crippen LogP contribution in [0.3, 0.4) is 0 Å². The number of nitro benzene ring substituents is 1. The predicted molar refractivity (Wildman–Crippen MR) is 97.7 cm³/mol. The number of nitrogens with one attached hydrogen (secondary N) is 2. The Morgan fingerprint density at radius 2 is 1.81 bits per heavy atom. The predicted octanol–water partition coefficient (Wildman–Crippen LogP) is 2.66. The number of carbonyl (C=O) groups excluding carboxylic acids is 2. The lowest BCUT2D eigenvalue weighted by Gasteiger charge is -2.05. The number of anilines is 1. The number of hydrazone groups is 1. The molecule has 0 unspecified atom stereocenters. The summed E-state index contributed by atoms with van der Waals surface area (Å²) in [6.07, 6.45) is 1.41. The summed E-state index contributed by atoms with van der Waals surface area (Å²) in [6.45, 7) is 1.75. The molecule has 0 bridgehead atoms. The molecule has 0 saturated heterocycles. The van der Waals surface area contributed by atoms with E-state index in [0.29, 0.717) is 12.1 Å². The standard InChI is InChI=1S/C18H18N4O4/c1-13(10-11-14-6-3-2-4-7-14)20-21-18(24)17(23)19-15-8-5-9-16(12-15)22(25)26/h2-9,12H,10-11H2,1H3,(H,19,23)(H,21,24)/b20-13-. The second-order valence-electron chi connectivity index (χ2n) is 5.54. The van der Waals surface area contributed by atoms with E-state index in [1.165, 1.54) is 24.3 Å². The van der Waals surface area contributed by atoms with Crippen molar-refractivity contribution in [3.63, 3.8) is 0 Å². The zero-order valence-electron chi connectivity index (χ0n) is 14.1. The summed E-state index contributed by atoms with van der Waals surface area (Å²) in [7, 11) is 0. The Labute approximate surface area is 150 Å². The molecule has 0 atom stereocenters. The van der Waals surface area contributed by atoms with E-state index in [0.717, 1.165) is 12.0 Å². The fourth-order valence-electron chi connectivity index (χ4n) is 2.11. The molecule has 2 amide bonds. The van der Waals surface area contributed by atoms with Crippen molar-refractivity contribution in [2.75, 3.05) is 5.32 Å². The Hall–Kier alpha value is -3.55. The van der Waals surface area contributed by atoms with Crippen molar-refractivity contribution in [2.24, 2.45) is 5.10 Å². The van der Waals surface area contributed by atoms with Crippen LogP contribution >= 0.6 is 0 Å². The number of rotatable bonds is 6. The number of hydrogen-bond donors (Lipinski definition) is 2. The van der Waals surface area contributed by atoms with E-state index < -0.39 is 16.7 Å². The molecule has 0 fully saturated rings. The summed E-state index contributed by atoms with van der Waals surface area (Å²) in [5.74, 6) is -1.90. The van der Waals surface area contributed by atoms with Gasteiger partial charge in [-0.2, -0.15) is 5.10 Å². The lowest BCUT2D eigenvalue weighted by Crippen LogP contribution is -2.32. The molecule has 8 nitrogen and oxygen atoms in total. The molecule has 0 aliphatic rings. The molecule has 8 heteroatoms. The molecule has 0 saturated carbocycles. The number of hydrogen-bond acceptors (Lipinski definition) is 5. The van der Waals surface area contributed by atoms with Gasteiger partial charge in [0.2, 0.25) is 0 Å². The van der Waals surface area contributed by atoms with E-state index in [1.807, 2.05) is 30.3 Å². The first kappa shape index (κ1) is 18.8. The molecule has 2 N–H and O–H groups in total. The van der Waals surface area contributed by atoms with Gasteiger partial charge in [-0.15, -0.1) is 0 Å². The number of amides is 2. The van der Waals surface area contributed by atoms with Gasteiger partial charge >= 0.3 is 11.8 Å². The summed E-state index contributed by atoms with van der Waals surface area (Å²) in [6, 6.07) is 15.1. The zero-order valence-corrected chi connectivity index (χ0v) is 14.1. The summed E-state index contributed by atoms with van der Waals surface area (Å²) in [5.41, 5.74) is 3.97. The highest BCUT2D eigenvalue weighted by atomic mass is 16.6. The average molecular weight is 354 g/mol. The molecule has 2 rings (SSSR count). The number of benzene rings is 2. The van der Waals surface area contributed by atoms with Gasteiger partial charge in [-0.3, -0.25) is 19.7 Å². The van der Waals surface area contributed by atoms with Gasteiger partial charge in [-0.1, -0.05) is 36.4 Å². The third-order valence-electron chi connectivity index (χ3n) is 3.49. The van der Waals surface area contributed by atoms with E-state index in [2.05, 4.69) is 15.8 Å². The largest absolute Gasteiger partial charge is 0.329 e. The van der Waals surface area contributed by atoms with Gasteiger partial charge < -0.3 is 5.32 Å². The van der Waals surface area contributed by atoms with E-state index in [4.69, 9.17) is 0 Å². The average Bonchev–Trinajstić information content (AvgIpc) is 2.65. The molecule has 0 spiro atoms. The smallest absolute Gasteiger partial charge is 0.317 e. The number of non-ortho nitro benzene ring substituents is 1. The number of carbonyl (C=O) groups is 2. The van der Waals surface area contributed by atoms with Crippen molar-refractivity contribution < 1.29 is 14.5 Å². The molecule has 2 aromatic carbocycles. The Morgan fingerprint density at radius 3 is 2.50 bits per heavy atom. The van der Waals surface area contributed by atoms with Crippen molar-refractivity contribution in [3.8, 4) is 0 Å². The minimum Gasteiger partial charge on any atom is -0.317 e. The van der Waals surface area contributed by atoms with E-state index in [9.17, 15) is 19.7 Å². The fourth-order valence-corrected chi connectivity index (χ4v) is 2.11. The van der Waals surface area contributed by atoms with Crippen LogP contribution < -0.4 is 10.7 Å². The van der Waals surface area contributed by atoms with Crippen molar-refractivity contribution in [1.82, 2.24) is 5.43 Å². The molecule has 0 heterocycles. The Morgan fingerprint density at radius 1 is 1.08 bits per heavy atom. The molecule has 26 heavy (non-hydrogen) atoms. The third kappa shape index (κ3) is 5.82. The molecule has 0 aromatic heterocycles. The van der Waals surface area contributed by atoms with Crippen LogP contribution in [0.2, 0.25) is 0 Å². The number of aryl methyl sites for hydroxylation is 1. The highest BCUT2D eigenvalue weighted by Gasteiger charge is 2.14. The zero-order chi connectivity index (χ0) is 18.9. The van der Waals surface area contributed by atoms with Gasteiger partial charge in [0.15, 0.2) is 0 Å². The molecule has 0 aliphatic heterocycles. The van der Waals surface area contributed by atoms with Crippen LogP contribution in [0, 0.1) is 10.1 Å². The van der Waals surface area contributed by atoms with Crippen LogP contribution in [-0.4, -0.2) is 22.4 Å². The van der Waals surface area contributed by atoms with E-state index in [1.54, 1.807) is 6.92 Å². The number of nitro groups is 1. The van der Waals surface area contributed by atoms with Crippen LogP contribution in [0.5, 0.6) is 0 Å². The van der Waals surface area contributed by atoms with Crippen molar-refractivity contribution in [2.45, 2.75) is 19.8 Å². The summed E-state index contributed by atoms with van der Waals surface area (Å²) >= 11 is 0. The Balaban J connectivity index is 1.85. The molecule has 134 valence electrons. The second-order valence-corrected chi connectivity index (χ2v) is 5.54. The Kier molecular flexibility index (Phi) is 6.55. The maximum atomic E-state index is 11.8. The van der Waals surface area contributed by atoms with Gasteiger partial charge in [0, 0.05) is 23.5 Å². The lowest BCUT2D eigenvalue weighted by atomic mass is 10.1. The summed E-state index contributed by atoms with van der Waals surface area (Å²) in [4.78, 5) is 33.7. The molecule has 0 radical (unpaired) electrons. The maximum absolute atomic E-state index is 11.8. The lowest BCUT2D eigenvalue weighted by molar-refractivity contribution is -0.384. The SMILES string of the molecule is C/C(CCc1ccccc1)=N/NC(=O)C(=O)Nc1cccc([N+](=O)[O-])c1. The minimum atomic E-state index is -0.954. The van der Waals surface area contributed by atoms with Gasteiger partial charge in [-0.25, -0.2) is 5.43 Å². The van der Waals surface area contributed by atoms with Crippen LogP contribution in [0.25, 0.3) is 0 Å². The highest BCUT2D eigenvalue weighted by Crippen LogP contribution is 2.16. The van der Waals surface area contributed by atoms with Gasteiger partial charge in [0.05, 0.1) is 4.92 Å². The van der Waals surface area contributed by atoms with Crippen molar-refractivity contribution in [1.29, 1.82) is 0 Å². The van der Waals surface area contributed by atoms with Crippen LogP contribution in [0.4, 0.5) is 11.4 Å². The molecular weight excluding hydrogens is 336 g/mol. The van der Waals surface area contributed by atoms with E-state index in [-0.39, 0.29) is 11.4 Å². The molecular formula is C18H18N4O4. The monoisotopic (exact) mass is 354 g/mol. The fraction of sp³-hybridized carbons (Fsp3) is 0.167. The topological polar surface area (TPSA) is 114 Å². The quantitative estimate of drug-likeness (QED) is 0.359. The summed E-state index contributed by atoms with van der Waals surface area (Å²) < 4.78 is 0. The first-order chi connectivity index (χ1) is 12.5. The molecule has 2 aromatic rings. The van der Waals surface area contributed by atoms with Crippen LogP contribution in [0.15, 0.2) is 59.7 Å².